The molecule has 3 aromatic carbocycles. The molecule has 218 valence electrons. The molecule has 0 aliphatic rings. The maximum absolute atomic E-state index is 15.3. The fourth-order valence-corrected chi connectivity index (χ4v) is 4.26. The van der Waals surface area contributed by atoms with Gasteiger partial charge in [-0.3, -0.25) is 19.2 Å². The summed E-state index contributed by atoms with van der Waals surface area (Å²) >= 11 is 6.26. The minimum Gasteiger partial charge on any atom is -0.456 e. The van der Waals surface area contributed by atoms with Crippen LogP contribution in [-0.4, -0.2) is 29.2 Å². The highest BCUT2D eigenvalue weighted by Crippen LogP contribution is 2.38. The van der Waals surface area contributed by atoms with Crippen molar-refractivity contribution in [2.75, 3.05) is 11.4 Å². The molecule has 0 radical (unpaired) electrons. The summed E-state index contributed by atoms with van der Waals surface area (Å²) in [6.45, 7) is 1.73. The molecule has 7 nitrogen and oxygen atoms in total. The summed E-state index contributed by atoms with van der Waals surface area (Å²) in [5, 5.41) is 1.35. The SMILES string of the molecule is CCCC(=O)N(C)SN(C(=O)NC(=O)c1c(F)cccc1F)c1ccc(Oc2ccc(C(F)(F)F)cc2Cl)cc1F. The van der Waals surface area contributed by atoms with E-state index < -0.39 is 63.3 Å². The molecule has 0 saturated heterocycles. The zero-order valence-corrected chi connectivity index (χ0v) is 22.8. The van der Waals surface area contributed by atoms with E-state index in [1.54, 1.807) is 12.2 Å². The molecule has 15 heteroatoms. The highest BCUT2D eigenvalue weighted by atomic mass is 35.5. The predicted molar refractivity (Wildman–Crippen MR) is 140 cm³/mol. The molecule has 4 amide bonds. The molecule has 0 spiro atoms. The number of benzene rings is 3. The number of nitrogens with zero attached hydrogens (tertiary/aromatic N) is 2. The quantitative estimate of drug-likeness (QED) is 0.206. The van der Waals surface area contributed by atoms with Crippen molar-refractivity contribution in [2.45, 2.75) is 25.9 Å². The van der Waals surface area contributed by atoms with Gasteiger partial charge >= 0.3 is 12.2 Å². The molecule has 0 fully saturated rings. The van der Waals surface area contributed by atoms with Gasteiger partial charge in [0, 0.05) is 19.5 Å². The minimum atomic E-state index is -4.65. The van der Waals surface area contributed by atoms with Crippen LogP contribution in [0.5, 0.6) is 11.5 Å². The van der Waals surface area contributed by atoms with Crippen LogP contribution in [0.25, 0.3) is 0 Å². The van der Waals surface area contributed by atoms with Crippen LogP contribution in [-0.2, 0) is 11.0 Å². The summed E-state index contributed by atoms with van der Waals surface area (Å²) in [6, 6.07) is 6.47. The topological polar surface area (TPSA) is 79.0 Å². The molecule has 0 heterocycles. The molecule has 0 aliphatic heterocycles. The largest absolute Gasteiger partial charge is 0.456 e. The summed E-state index contributed by atoms with van der Waals surface area (Å²) in [5.41, 5.74) is -2.59. The van der Waals surface area contributed by atoms with Crippen molar-refractivity contribution in [1.29, 1.82) is 0 Å². The Balaban J connectivity index is 1.91. The Bertz CT molecular complexity index is 1450. The monoisotopic (exact) mass is 619 g/mol. The van der Waals surface area contributed by atoms with Crippen molar-refractivity contribution in [3.8, 4) is 11.5 Å². The third-order valence-corrected chi connectivity index (χ3v) is 6.51. The summed E-state index contributed by atoms with van der Waals surface area (Å²) in [4.78, 5) is 37.8. The van der Waals surface area contributed by atoms with E-state index in [4.69, 9.17) is 16.3 Å². The Kier molecular flexibility index (Phi) is 10.2. The number of alkyl halides is 3. The van der Waals surface area contributed by atoms with Gasteiger partial charge in [-0.05, 0) is 48.9 Å². The van der Waals surface area contributed by atoms with Gasteiger partial charge in [-0.25, -0.2) is 22.3 Å². The Morgan fingerprint density at radius 3 is 2.20 bits per heavy atom. The summed E-state index contributed by atoms with van der Waals surface area (Å²) < 4.78 is 89.0. The molecule has 0 atom stereocenters. The summed E-state index contributed by atoms with van der Waals surface area (Å²) in [5.74, 6) is -6.00. The number of anilines is 1. The molecule has 0 unspecified atom stereocenters. The van der Waals surface area contributed by atoms with Gasteiger partial charge in [0.25, 0.3) is 5.91 Å². The molecule has 0 aromatic heterocycles. The number of rotatable bonds is 8. The maximum Gasteiger partial charge on any atom is 0.416 e. The molecule has 3 aromatic rings. The number of ether oxygens (including phenoxy) is 1. The van der Waals surface area contributed by atoms with E-state index >= 15 is 4.39 Å². The molecule has 1 N–H and O–H groups in total. The normalized spacial score (nSPS) is 11.1. The van der Waals surface area contributed by atoms with E-state index in [2.05, 4.69) is 0 Å². The van der Waals surface area contributed by atoms with Crippen molar-refractivity contribution in [3.05, 3.63) is 88.2 Å². The van der Waals surface area contributed by atoms with Crippen LogP contribution in [0, 0.1) is 17.5 Å². The first kappa shape index (κ1) is 31.6. The Morgan fingerprint density at radius 1 is 0.976 bits per heavy atom. The third kappa shape index (κ3) is 7.85. The first-order valence-corrected chi connectivity index (χ1v) is 12.7. The lowest BCUT2D eigenvalue weighted by Crippen LogP contribution is -2.42. The summed E-state index contributed by atoms with van der Waals surface area (Å²) in [7, 11) is 1.28. The third-order valence-electron chi connectivity index (χ3n) is 5.24. The average molecular weight is 620 g/mol. The standard InChI is InChI=1S/C26H20ClF6N3O4S/c1-3-5-22(37)35(2)41-36(25(39)34-24(38)23-17(28)6-4-7-18(23)29)20-10-9-15(13-19(20)30)40-21-11-8-14(12-16(21)27)26(31,32)33/h4,6-13H,3,5H2,1-2H3,(H,34,38,39). The number of carbonyl (C=O) groups excluding carboxylic acids is 3. The predicted octanol–water partition coefficient (Wildman–Crippen LogP) is 7.75. The van der Waals surface area contributed by atoms with Crippen molar-refractivity contribution < 1.29 is 45.5 Å². The number of nitrogens with one attached hydrogen (secondary N) is 1. The van der Waals surface area contributed by atoms with Gasteiger partial charge < -0.3 is 4.74 Å². The molecule has 0 aliphatic carbocycles. The number of hydrogen-bond acceptors (Lipinski definition) is 5. The number of urea groups is 1. The molecule has 0 bridgehead atoms. The van der Waals surface area contributed by atoms with Crippen LogP contribution >= 0.6 is 23.7 Å². The second kappa shape index (κ2) is 13.2. The van der Waals surface area contributed by atoms with Gasteiger partial charge in [0.1, 0.15) is 28.7 Å². The van der Waals surface area contributed by atoms with Crippen LogP contribution < -0.4 is 14.4 Å². The molecule has 0 saturated carbocycles. The van der Waals surface area contributed by atoms with Crippen molar-refractivity contribution in [3.63, 3.8) is 0 Å². The highest BCUT2D eigenvalue weighted by molar-refractivity contribution is 7.99. The second-order valence-corrected chi connectivity index (χ2v) is 9.71. The van der Waals surface area contributed by atoms with E-state index in [0.717, 1.165) is 46.8 Å². The van der Waals surface area contributed by atoms with Crippen molar-refractivity contribution in [2.24, 2.45) is 0 Å². The van der Waals surface area contributed by atoms with E-state index in [1.165, 1.54) is 7.05 Å². The first-order valence-electron chi connectivity index (χ1n) is 11.6. The lowest BCUT2D eigenvalue weighted by Gasteiger charge is -2.26. The Labute approximate surface area is 239 Å². The van der Waals surface area contributed by atoms with Crippen molar-refractivity contribution in [1.82, 2.24) is 9.62 Å². The van der Waals surface area contributed by atoms with Crippen molar-refractivity contribution >= 4 is 47.3 Å². The lowest BCUT2D eigenvalue weighted by atomic mass is 10.2. The lowest BCUT2D eigenvalue weighted by molar-refractivity contribution is -0.137. The Hall–Kier alpha value is -3.91. The number of carbonyl (C=O) groups is 3. The van der Waals surface area contributed by atoms with E-state index in [0.29, 0.717) is 35.0 Å². The van der Waals surface area contributed by atoms with E-state index in [-0.39, 0.29) is 17.9 Å². The minimum absolute atomic E-state index is 0.0709. The first-order chi connectivity index (χ1) is 19.2. The number of amides is 4. The molecular formula is C26H20ClF6N3O4S. The number of halogens is 7. The number of hydrogen-bond donors (Lipinski definition) is 1. The van der Waals surface area contributed by atoms with Crippen LogP contribution in [0.15, 0.2) is 54.6 Å². The van der Waals surface area contributed by atoms with Crippen LogP contribution in [0.4, 0.5) is 36.8 Å². The average Bonchev–Trinajstić information content (AvgIpc) is 2.88. The molecular weight excluding hydrogens is 600 g/mol. The zero-order valence-electron chi connectivity index (χ0n) is 21.2. The highest BCUT2D eigenvalue weighted by Gasteiger charge is 2.31. The molecule has 41 heavy (non-hydrogen) atoms. The van der Waals surface area contributed by atoms with Gasteiger partial charge in [-0.15, -0.1) is 0 Å². The van der Waals surface area contributed by atoms with Gasteiger partial charge in [-0.2, -0.15) is 13.2 Å². The maximum atomic E-state index is 15.3. The smallest absolute Gasteiger partial charge is 0.416 e. The van der Waals surface area contributed by atoms with Crippen LogP contribution in [0.2, 0.25) is 5.02 Å². The van der Waals surface area contributed by atoms with E-state index in [9.17, 15) is 36.3 Å². The van der Waals surface area contributed by atoms with Gasteiger partial charge in [0.15, 0.2) is 5.82 Å². The molecule has 3 rings (SSSR count). The van der Waals surface area contributed by atoms with Gasteiger partial charge in [-0.1, -0.05) is 24.6 Å². The zero-order chi connectivity index (χ0) is 30.5. The van der Waals surface area contributed by atoms with Crippen LogP contribution in [0.1, 0.15) is 35.7 Å². The van der Waals surface area contributed by atoms with Gasteiger partial charge in [0.05, 0.1) is 28.4 Å². The van der Waals surface area contributed by atoms with Crippen LogP contribution in [0.3, 0.4) is 0 Å². The second-order valence-electron chi connectivity index (χ2n) is 8.23. The van der Waals surface area contributed by atoms with Gasteiger partial charge in [0.2, 0.25) is 5.91 Å². The van der Waals surface area contributed by atoms with E-state index in [1.807, 2.05) is 0 Å². The number of imide groups is 1. The summed E-state index contributed by atoms with van der Waals surface area (Å²) in [6.07, 6.45) is -4.13. The Morgan fingerprint density at radius 2 is 1.63 bits per heavy atom. The fraction of sp³-hybridized carbons (Fsp3) is 0.192. The fourth-order valence-electron chi connectivity index (χ4n) is 3.26.